The van der Waals surface area contributed by atoms with Gasteiger partial charge in [-0.3, -0.25) is 9.69 Å². The molecule has 0 saturated carbocycles. The number of fused-ring (bicyclic) bond motifs is 1. The summed E-state index contributed by atoms with van der Waals surface area (Å²) in [5, 5.41) is 3.39. The molecule has 0 radical (unpaired) electrons. The molecule has 1 amide bonds. The summed E-state index contributed by atoms with van der Waals surface area (Å²) in [5.41, 5.74) is 3.79. The van der Waals surface area contributed by atoms with Crippen molar-refractivity contribution in [2.75, 3.05) is 17.3 Å². The van der Waals surface area contributed by atoms with Gasteiger partial charge in [0.05, 0.1) is 12.7 Å². The molecule has 0 aliphatic carbocycles. The second-order valence-electron chi connectivity index (χ2n) is 6.57. The van der Waals surface area contributed by atoms with Crippen LogP contribution in [0.3, 0.4) is 0 Å². The second-order valence-corrected chi connectivity index (χ2v) is 6.57. The van der Waals surface area contributed by atoms with Crippen molar-refractivity contribution in [1.82, 2.24) is 4.98 Å². The molecule has 1 aliphatic heterocycles. The van der Waals surface area contributed by atoms with Crippen molar-refractivity contribution in [2.45, 2.75) is 13.1 Å². The minimum Gasteiger partial charge on any atom is -0.465 e. The Bertz CT molecular complexity index is 1030. The van der Waals surface area contributed by atoms with Gasteiger partial charge < -0.3 is 10.1 Å². The lowest BCUT2D eigenvalue weighted by Gasteiger charge is -2.26. The maximum Gasteiger partial charge on any atom is 0.337 e. The Morgan fingerprint density at radius 3 is 2.50 bits per heavy atom. The zero-order valence-corrected chi connectivity index (χ0v) is 15.5. The number of benzene rings is 2. The molecule has 1 atom stereocenters. The second kappa shape index (κ2) is 7.15. The molecule has 1 aromatic heterocycles. The van der Waals surface area contributed by atoms with Crippen molar-refractivity contribution in [3.63, 3.8) is 0 Å². The molecule has 2 aromatic carbocycles. The first-order valence-electron chi connectivity index (χ1n) is 8.88. The lowest BCUT2D eigenvalue weighted by molar-refractivity contribution is 0.0600. The van der Waals surface area contributed by atoms with Crippen LogP contribution in [0.15, 0.2) is 66.9 Å². The third-order valence-electron chi connectivity index (χ3n) is 4.71. The van der Waals surface area contributed by atoms with Gasteiger partial charge in [-0.05, 0) is 48.9 Å². The van der Waals surface area contributed by atoms with Crippen molar-refractivity contribution in [2.24, 2.45) is 0 Å². The van der Waals surface area contributed by atoms with Crippen LogP contribution in [0.1, 0.15) is 38.0 Å². The van der Waals surface area contributed by atoms with E-state index in [0.29, 0.717) is 16.9 Å². The number of amides is 1. The number of pyridine rings is 1. The molecule has 1 N–H and O–H groups in total. The summed E-state index contributed by atoms with van der Waals surface area (Å²) >= 11 is 0. The zero-order valence-electron chi connectivity index (χ0n) is 15.5. The van der Waals surface area contributed by atoms with Gasteiger partial charge in [0.25, 0.3) is 5.91 Å². The van der Waals surface area contributed by atoms with E-state index in [1.807, 2.05) is 43.3 Å². The summed E-state index contributed by atoms with van der Waals surface area (Å²) in [5.74, 6) is 0.0875. The first kappa shape index (κ1) is 17.7. The maximum absolute atomic E-state index is 13.0. The summed E-state index contributed by atoms with van der Waals surface area (Å²) in [6.07, 6.45) is 1.34. The van der Waals surface area contributed by atoms with Gasteiger partial charge in [0, 0.05) is 23.0 Å². The minimum absolute atomic E-state index is 0.101. The van der Waals surface area contributed by atoms with Gasteiger partial charge in [-0.2, -0.15) is 0 Å². The Labute approximate surface area is 162 Å². The topological polar surface area (TPSA) is 71.5 Å². The Morgan fingerprint density at radius 2 is 1.82 bits per heavy atom. The van der Waals surface area contributed by atoms with Crippen molar-refractivity contribution < 1.29 is 14.3 Å². The molecule has 28 heavy (non-hydrogen) atoms. The van der Waals surface area contributed by atoms with E-state index in [9.17, 15) is 9.59 Å². The van der Waals surface area contributed by atoms with Crippen LogP contribution in [-0.4, -0.2) is 24.0 Å². The van der Waals surface area contributed by atoms with Gasteiger partial charge in [-0.1, -0.05) is 24.3 Å². The predicted molar refractivity (Wildman–Crippen MR) is 106 cm³/mol. The number of aromatic nitrogens is 1. The summed E-state index contributed by atoms with van der Waals surface area (Å²) in [4.78, 5) is 30.8. The third kappa shape index (κ3) is 3.09. The highest BCUT2D eigenvalue weighted by atomic mass is 16.5. The lowest BCUT2D eigenvalue weighted by Crippen LogP contribution is -2.32. The molecular formula is C22H19N3O3. The molecule has 140 valence electrons. The van der Waals surface area contributed by atoms with Crippen LogP contribution in [0.5, 0.6) is 0 Å². The van der Waals surface area contributed by atoms with Crippen LogP contribution in [0.25, 0.3) is 0 Å². The number of aryl methyl sites for hydroxylation is 1. The van der Waals surface area contributed by atoms with Crippen molar-refractivity contribution in [3.8, 4) is 0 Å². The first-order valence-corrected chi connectivity index (χ1v) is 8.88. The van der Waals surface area contributed by atoms with Crippen LogP contribution in [0, 0.1) is 6.92 Å². The Balaban J connectivity index is 1.70. The zero-order chi connectivity index (χ0) is 19.7. The highest BCUT2D eigenvalue weighted by Gasteiger charge is 2.38. The van der Waals surface area contributed by atoms with Gasteiger partial charge in [0.1, 0.15) is 12.0 Å². The van der Waals surface area contributed by atoms with Crippen molar-refractivity contribution in [1.29, 1.82) is 0 Å². The molecule has 6 nitrogen and oxygen atoms in total. The molecule has 3 aromatic rings. The van der Waals surface area contributed by atoms with E-state index in [-0.39, 0.29) is 5.91 Å². The van der Waals surface area contributed by atoms with Crippen LogP contribution < -0.4 is 10.2 Å². The Kier molecular flexibility index (Phi) is 4.53. The van der Waals surface area contributed by atoms with Crippen LogP contribution in [-0.2, 0) is 4.74 Å². The SMILES string of the molecule is COC(=O)c1ccc(N[C@H]2c3ccccc3C(=O)N2c2ccc(C)cn2)cc1. The normalized spacial score (nSPS) is 15.3. The summed E-state index contributed by atoms with van der Waals surface area (Å²) in [6.45, 7) is 1.95. The van der Waals surface area contributed by atoms with Gasteiger partial charge in [-0.15, -0.1) is 0 Å². The lowest BCUT2D eigenvalue weighted by atomic mass is 10.1. The number of methoxy groups -OCH3 is 1. The van der Waals surface area contributed by atoms with Gasteiger partial charge >= 0.3 is 5.97 Å². The summed E-state index contributed by atoms with van der Waals surface area (Å²) in [7, 11) is 1.35. The number of rotatable bonds is 4. The summed E-state index contributed by atoms with van der Waals surface area (Å²) < 4.78 is 4.73. The van der Waals surface area contributed by atoms with Crippen LogP contribution >= 0.6 is 0 Å². The molecule has 0 unspecified atom stereocenters. The van der Waals surface area contributed by atoms with E-state index in [0.717, 1.165) is 16.8 Å². The van der Waals surface area contributed by atoms with E-state index in [1.165, 1.54) is 7.11 Å². The third-order valence-corrected chi connectivity index (χ3v) is 4.71. The molecular weight excluding hydrogens is 354 g/mol. The molecule has 0 spiro atoms. The minimum atomic E-state index is -0.400. The molecule has 0 bridgehead atoms. The average molecular weight is 373 g/mol. The average Bonchev–Trinajstić information content (AvgIpc) is 3.01. The van der Waals surface area contributed by atoms with E-state index >= 15 is 0 Å². The first-order chi connectivity index (χ1) is 13.6. The number of carbonyl (C=O) groups excluding carboxylic acids is 2. The largest absolute Gasteiger partial charge is 0.465 e. The highest BCUT2D eigenvalue weighted by molar-refractivity contribution is 6.11. The number of nitrogens with zero attached hydrogens (tertiary/aromatic N) is 2. The fraction of sp³-hybridized carbons (Fsp3) is 0.136. The van der Waals surface area contributed by atoms with E-state index in [4.69, 9.17) is 4.74 Å². The number of nitrogens with one attached hydrogen (secondary N) is 1. The number of hydrogen-bond acceptors (Lipinski definition) is 5. The standard InChI is InChI=1S/C22H19N3O3/c1-14-7-12-19(23-13-14)25-20(17-5-3-4-6-18(17)21(25)26)24-16-10-8-15(9-11-16)22(27)28-2/h3-13,20,24H,1-2H3/t20-/m1/s1. The van der Waals surface area contributed by atoms with E-state index in [1.54, 1.807) is 35.4 Å². The molecule has 6 heteroatoms. The van der Waals surface area contributed by atoms with Crippen molar-refractivity contribution >= 4 is 23.4 Å². The number of ether oxygens (including phenoxy) is 1. The fourth-order valence-corrected chi connectivity index (χ4v) is 3.28. The van der Waals surface area contributed by atoms with E-state index < -0.39 is 12.1 Å². The number of anilines is 2. The van der Waals surface area contributed by atoms with Gasteiger partial charge in [0.15, 0.2) is 0 Å². The number of carbonyl (C=O) groups is 2. The van der Waals surface area contributed by atoms with Gasteiger partial charge in [-0.25, -0.2) is 9.78 Å². The van der Waals surface area contributed by atoms with Crippen molar-refractivity contribution in [3.05, 3.63) is 89.1 Å². The number of esters is 1. The molecule has 4 rings (SSSR count). The summed E-state index contributed by atoms with van der Waals surface area (Å²) in [6, 6.07) is 18.2. The highest BCUT2D eigenvalue weighted by Crippen LogP contribution is 2.37. The fourth-order valence-electron chi connectivity index (χ4n) is 3.28. The predicted octanol–water partition coefficient (Wildman–Crippen LogP) is 3.95. The van der Waals surface area contributed by atoms with Gasteiger partial charge in [0.2, 0.25) is 0 Å². The Hall–Kier alpha value is -3.67. The monoisotopic (exact) mass is 373 g/mol. The van der Waals surface area contributed by atoms with Crippen LogP contribution in [0.4, 0.5) is 11.5 Å². The van der Waals surface area contributed by atoms with E-state index in [2.05, 4.69) is 10.3 Å². The smallest absolute Gasteiger partial charge is 0.337 e. The molecule has 0 fully saturated rings. The molecule has 2 heterocycles. The quantitative estimate of drug-likeness (QED) is 0.701. The molecule has 1 aliphatic rings. The number of hydrogen-bond donors (Lipinski definition) is 1. The maximum atomic E-state index is 13.0. The van der Waals surface area contributed by atoms with Crippen LogP contribution in [0.2, 0.25) is 0 Å². The molecule has 0 saturated heterocycles. The Morgan fingerprint density at radius 1 is 1.07 bits per heavy atom.